The van der Waals surface area contributed by atoms with Crippen LogP contribution in [0.3, 0.4) is 0 Å². The van der Waals surface area contributed by atoms with Crippen LogP contribution < -0.4 is 10.6 Å². The lowest BCUT2D eigenvalue weighted by Crippen LogP contribution is -2.22. The molecule has 1 aliphatic rings. The molecule has 0 N–H and O–H groups in total. The van der Waals surface area contributed by atoms with Gasteiger partial charge in [0, 0.05) is 32.5 Å². The van der Waals surface area contributed by atoms with E-state index in [0.717, 1.165) is 35.1 Å². The fraction of sp³-hybridized carbons (Fsp3) is 0.0385. The maximum absolute atomic E-state index is 6.70. The Morgan fingerprint density at radius 2 is 1.04 bits per heavy atom. The Bertz CT molecular complexity index is 3490. The topological polar surface area (TPSA) is 23.0 Å². The van der Waals surface area contributed by atoms with Crippen LogP contribution in [0.5, 0.6) is 0 Å². The predicted molar refractivity (Wildman–Crippen MR) is 231 cm³/mol. The molecule has 0 radical (unpaired) electrons. The summed E-state index contributed by atoms with van der Waals surface area (Å²) in [4.78, 5) is 0. The van der Waals surface area contributed by atoms with Gasteiger partial charge in [0.25, 0.3) is 0 Å². The quantitative estimate of drug-likeness (QED) is 0.179. The first kappa shape index (κ1) is 30.4. The monoisotopic (exact) mass is 702 g/mol. The maximum Gasteiger partial charge on any atom is 0.138 e. The van der Waals surface area contributed by atoms with Gasteiger partial charge in [0.05, 0.1) is 33.1 Å². The van der Waals surface area contributed by atoms with Gasteiger partial charge < -0.3 is 13.6 Å². The number of aromatic nitrogens is 2. The summed E-state index contributed by atoms with van der Waals surface area (Å²) in [6.45, 7) is 0. The average molecular weight is 703 g/mol. The van der Waals surface area contributed by atoms with Gasteiger partial charge in [0.15, 0.2) is 0 Å². The lowest BCUT2D eigenvalue weighted by Gasteiger charge is -2.14. The molecule has 3 aromatic heterocycles. The maximum atomic E-state index is 6.70. The van der Waals surface area contributed by atoms with Crippen LogP contribution in [-0.2, 0) is 0 Å². The summed E-state index contributed by atoms with van der Waals surface area (Å²) in [7, 11) is 0. The van der Waals surface area contributed by atoms with Gasteiger partial charge in [-0.25, -0.2) is 0 Å². The van der Waals surface area contributed by atoms with Crippen molar-refractivity contribution in [1.82, 2.24) is 9.13 Å². The van der Waals surface area contributed by atoms with Crippen molar-refractivity contribution in [3.05, 3.63) is 180 Å². The number of furan rings is 1. The van der Waals surface area contributed by atoms with Crippen LogP contribution in [0.1, 0.15) is 12.8 Å². The third kappa shape index (κ3) is 4.57. The smallest absolute Gasteiger partial charge is 0.138 e. The molecular weight excluding hydrogens is 669 g/mol. The van der Waals surface area contributed by atoms with Gasteiger partial charge in [0.2, 0.25) is 0 Å². The lowest BCUT2D eigenvalue weighted by atomic mass is 9.98. The van der Waals surface area contributed by atoms with Gasteiger partial charge in [0.1, 0.15) is 11.0 Å². The highest BCUT2D eigenvalue weighted by molar-refractivity contribution is 6.13. The molecule has 258 valence electrons. The molecule has 3 nitrogen and oxygen atoms in total. The molecule has 3 heteroatoms. The van der Waals surface area contributed by atoms with E-state index >= 15 is 0 Å². The Kier molecular flexibility index (Phi) is 6.46. The first-order chi connectivity index (χ1) is 27.3. The summed E-state index contributed by atoms with van der Waals surface area (Å²) < 4.78 is 11.6. The number of rotatable bonds is 4. The molecule has 0 spiro atoms. The second-order valence-corrected chi connectivity index (χ2v) is 14.8. The van der Waals surface area contributed by atoms with E-state index in [4.69, 9.17) is 4.42 Å². The van der Waals surface area contributed by atoms with Gasteiger partial charge in [-0.05, 0) is 113 Å². The standard InChI is InChI=1S/C52H34N2O/c1-2-14-39(15-3-1)53-45-19-9-7-17-41(45)44-29-36(25-27-47(44)53)37-24-26-42-40-16-6-10-20-46(40)54(48(42)30-37)49-31-38(35-23-22-33-12-4-5-13-34(33)28-35)32-51-52(49)43-18-8-11-21-50(43)55-51/h1-7,9-10,12-32H,8,11H2. The minimum absolute atomic E-state index is 0.919. The number of hydrogen-bond acceptors (Lipinski definition) is 1. The van der Waals surface area contributed by atoms with E-state index in [2.05, 4.69) is 191 Å². The lowest BCUT2D eigenvalue weighted by molar-refractivity contribution is 0.572. The fourth-order valence-electron chi connectivity index (χ4n) is 9.17. The number of benzene rings is 8. The molecule has 0 saturated carbocycles. The van der Waals surface area contributed by atoms with E-state index in [1.165, 1.54) is 87.4 Å². The Morgan fingerprint density at radius 3 is 1.91 bits per heavy atom. The van der Waals surface area contributed by atoms with Crippen LogP contribution in [0.4, 0.5) is 0 Å². The van der Waals surface area contributed by atoms with Crippen molar-refractivity contribution in [2.24, 2.45) is 0 Å². The van der Waals surface area contributed by atoms with Gasteiger partial charge in [-0.2, -0.15) is 0 Å². The molecule has 0 bridgehead atoms. The first-order valence-corrected chi connectivity index (χ1v) is 19.2. The molecule has 11 aromatic rings. The van der Waals surface area contributed by atoms with Crippen LogP contribution in [0.2, 0.25) is 0 Å². The molecule has 55 heavy (non-hydrogen) atoms. The fourth-order valence-corrected chi connectivity index (χ4v) is 9.17. The van der Waals surface area contributed by atoms with Crippen molar-refractivity contribution in [1.29, 1.82) is 0 Å². The number of hydrogen-bond donors (Lipinski definition) is 0. The van der Waals surface area contributed by atoms with Crippen LogP contribution in [-0.4, -0.2) is 9.13 Å². The third-order valence-electron chi connectivity index (χ3n) is 11.7. The summed E-state index contributed by atoms with van der Waals surface area (Å²) in [6, 6.07) is 62.2. The van der Waals surface area contributed by atoms with Crippen LogP contribution in [0.25, 0.3) is 111 Å². The highest BCUT2D eigenvalue weighted by Gasteiger charge is 2.20. The van der Waals surface area contributed by atoms with Gasteiger partial charge >= 0.3 is 0 Å². The normalized spacial score (nSPS) is 12.9. The van der Waals surface area contributed by atoms with E-state index in [-0.39, 0.29) is 0 Å². The largest absolute Gasteiger partial charge is 0.456 e. The number of fused-ring (bicyclic) bond motifs is 10. The SMILES string of the molecule is C1=c2oc3cc(-c4ccc5ccccc5c4)cc(-n4c5ccccc5c5ccc(-c6ccc7c(c6)c6ccccc6n7-c6ccccc6)cc54)c3c2=CCC1. The molecular formula is C52H34N2O. The van der Waals surface area contributed by atoms with Gasteiger partial charge in [-0.15, -0.1) is 0 Å². The summed E-state index contributed by atoms with van der Waals surface area (Å²) in [5.74, 6) is 0. The van der Waals surface area contributed by atoms with Crippen molar-refractivity contribution >= 4 is 77.5 Å². The Hall–Kier alpha value is -7.10. The highest BCUT2D eigenvalue weighted by Crippen LogP contribution is 2.40. The molecule has 0 amide bonds. The zero-order chi connectivity index (χ0) is 36.0. The predicted octanol–water partition coefficient (Wildman–Crippen LogP) is 12.5. The van der Waals surface area contributed by atoms with Crippen molar-refractivity contribution in [2.45, 2.75) is 12.8 Å². The zero-order valence-electron chi connectivity index (χ0n) is 30.0. The summed E-state index contributed by atoms with van der Waals surface area (Å²) in [5.41, 5.74) is 13.7. The third-order valence-corrected chi connectivity index (χ3v) is 11.7. The van der Waals surface area contributed by atoms with Crippen molar-refractivity contribution in [3.8, 4) is 33.6 Å². The Balaban J connectivity index is 1.13. The summed E-state index contributed by atoms with van der Waals surface area (Å²) in [5, 5.41) is 9.81. The first-order valence-electron chi connectivity index (χ1n) is 19.2. The van der Waals surface area contributed by atoms with E-state index in [0.29, 0.717) is 0 Å². The van der Waals surface area contributed by atoms with E-state index in [1.54, 1.807) is 0 Å². The second kappa shape index (κ2) is 11.7. The Morgan fingerprint density at radius 1 is 0.400 bits per heavy atom. The van der Waals surface area contributed by atoms with E-state index in [1.807, 2.05) is 0 Å². The number of nitrogens with zero attached hydrogens (tertiary/aromatic N) is 2. The molecule has 0 atom stereocenters. The molecule has 1 aliphatic carbocycles. The molecule has 0 saturated heterocycles. The molecule has 12 rings (SSSR count). The average Bonchev–Trinajstić information content (AvgIpc) is 3.90. The van der Waals surface area contributed by atoms with E-state index in [9.17, 15) is 0 Å². The van der Waals surface area contributed by atoms with Crippen molar-refractivity contribution in [2.75, 3.05) is 0 Å². The van der Waals surface area contributed by atoms with Crippen LogP contribution >= 0.6 is 0 Å². The molecule has 3 heterocycles. The summed E-state index contributed by atoms with van der Waals surface area (Å²) in [6.07, 6.45) is 6.62. The minimum atomic E-state index is 0.919. The number of para-hydroxylation sites is 3. The van der Waals surface area contributed by atoms with Crippen LogP contribution in [0.15, 0.2) is 174 Å². The highest BCUT2D eigenvalue weighted by atomic mass is 16.3. The van der Waals surface area contributed by atoms with Crippen molar-refractivity contribution in [3.63, 3.8) is 0 Å². The van der Waals surface area contributed by atoms with Crippen LogP contribution in [0, 0.1) is 0 Å². The molecule has 8 aromatic carbocycles. The Labute approximate surface area is 316 Å². The molecule has 0 aliphatic heterocycles. The van der Waals surface area contributed by atoms with Gasteiger partial charge in [-0.1, -0.05) is 115 Å². The second-order valence-electron chi connectivity index (χ2n) is 14.8. The molecule has 0 unspecified atom stereocenters. The zero-order valence-corrected chi connectivity index (χ0v) is 30.0. The van der Waals surface area contributed by atoms with Crippen molar-refractivity contribution < 1.29 is 4.42 Å². The molecule has 0 fully saturated rings. The minimum Gasteiger partial charge on any atom is -0.456 e. The summed E-state index contributed by atoms with van der Waals surface area (Å²) >= 11 is 0. The van der Waals surface area contributed by atoms with E-state index < -0.39 is 0 Å². The van der Waals surface area contributed by atoms with Gasteiger partial charge in [-0.3, -0.25) is 0 Å².